The lowest BCUT2D eigenvalue weighted by Crippen LogP contribution is -2.39. The molecule has 7 heteroatoms. The third-order valence-corrected chi connectivity index (χ3v) is 5.90. The van der Waals surface area contributed by atoms with E-state index in [1.165, 1.54) is 0 Å². The number of benzene rings is 1. The Labute approximate surface area is 180 Å². The molecule has 0 saturated carbocycles. The third-order valence-electron chi connectivity index (χ3n) is 5.90. The van der Waals surface area contributed by atoms with Gasteiger partial charge in [0.15, 0.2) is 0 Å². The first-order valence-corrected chi connectivity index (χ1v) is 10.8. The standard InChI is InChI=1S/C24H25N5O2/c1-3-29-13-11-19(26-29)20-14-18(24(30)28-12-7-8-16(2)15-28)21-22(27-31-23(21)25-20)17-9-5-4-6-10-17/h4-6,9-11,13-14,16H,3,7-8,12,15H2,1-2H3/t16-/m0/s1. The summed E-state index contributed by atoms with van der Waals surface area (Å²) < 4.78 is 7.47. The summed E-state index contributed by atoms with van der Waals surface area (Å²) in [7, 11) is 0. The highest BCUT2D eigenvalue weighted by atomic mass is 16.5. The average Bonchev–Trinajstić information content (AvgIpc) is 3.46. The molecule has 0 spiro atoms. The minimum atomic E-state index is -0.00416. The first-order chi connectivity index (χ1) is 15.1. The fraction of sp³-hybridized carbons (Fsp3) is 0.333. The maximum absolute atomic E-state index is 13.7. The molecule has 1 aliphatic heterocycles. The van der Waals surface area contributed by atoms with E-state index >= 15 is 0 Å². The number of piperidine rings is 1. The van der Waals surface area contributed by atoms with Crippen LogP contribution in [0.1, 0.15) is 37.0 Å². The molecule has 0 unspecified atom stereocenters. The van der Waals surface area contributed by atoms with Crippen molar-refractivity contribution >= 4 is 17.0 Å². The molecule has 1 amide bonds. The van der Waals surface area contributed by atoms with Gasteiger partial charge in [-0.05, 0) is 37.8 Å². The van der Waals surface area contributed by atoms with Gasteiger partial charge in [0.05, 0.1) is 16.6 Å². The summed E-state index contributed by atoms with van der Waals surface area (Å²) in [4.78, 5) is 20.3. The van der Waals surface area contributed by atoms with Crippen LogP contribution in [0.3, 0.4) is 0 Å². The number of aromatic nitrogens is 4. The molecule has 1 aliphatic rings. The Balaban J connectivity index is 1.68. The molecule has 4 aromatic rings. The van der Waals surface area contributed by atoms with Crippen molar-refractivity contribution in [2.24, 2.45) is 5.92 Å². The summed E-state index contributed by atoms with van der Waals surface area (Å²) in [6.45, 7) is 6.51. The molecule has 31 heavy (non-hydrogen) atoms. The summed E-state index contributed by atoms with van der Waals surface area (Å²) in [6.07, 6.45) is 4.08. The maximum Gasteiger partial charge on any atom is 0.259 e. The Kier molecular flexibility index (Phi) is 5.02. The zero-order chi connectivity index (χ0) is 21.4. The van der Waals surface area contributed by atoms with Crippen molar-refractivity contribution in [3.63, 3.8) is 0 Å². The average molecular weight is 415 g/mol. The van der Waals surface area contributed by atoms with Gasteiger partial charge in [-0.3, -0.25) is 9.48 Å². The van der Waals surface area contributed by atoms with E-state index in [-0.39, 0.29) is 5.91 Å². The predicted octanol–water partition coefficient (Wildman–Crippen LogP) is 4.65. The van der Waals surface area contributed by atoms with Crippen LogP contribution < -0.4 is 0 Å². The van der Waals surface area contributed by atoms with E-state index in [0.29, 0.717) is 39.7 Å². The Morgan fingerprint density at radius 3 is 2.77 bits per heavy atom. The number of carbonyl (C=O) groups is 1. The molecule has 1 atom stereocenters. The number of hydrogen-bond donors (Lipinski definition) is 0. The van der Waals surface area contributed by atoms with Gasteiger partial charge in [0.25, 0.3) is 11.6 Å². The largest absolute Gasteiger partial charge is 0.338 e. The third kappa shape index (κ3) is 3.60. The van der Waals surface area contributed by atoms with Crippen LogP contribution in [0.5, 0.6) is 0 Å². The van der Waals surface area contributed by atoms with Crippen molar-refractivity contribution in [1.29, 1.82) is 0 Å². The van der Waals surface area contributed by atoms with Crippen LogP contribution in [0.25, 0.3) is 33.7 Å². The lowest BCUT2D eigenvalue weighted by molar-refractivity contribution is 0.0685. The van der Waals surface area contributed by atoms with Gasteiger partial charge in [0.1, 0.15) is 11.4 Å². The van der Waals surface area contributed by atoms with Crippen LogP contribution in [0.2, 0.25) is 0 Å². The number of aryl methyl sites for hydroxylation is 1. The molecule has 3 aromatic heterocycles. The van der Waals surface area contributed by atoms with E-state index in [0.717, 1.165) is 38.0 Å². The molecule has 4 heterocycles. The van der Waals surface area contributed by atoms with E-state index in [1.54, 1.807) is 0 Å². The number of amides is 1. The predicted molar refractivity (Wildman–Crippen MR) is 118 cm³/mol. The molecule has 1 aromatic carbocycles. The van der Waals surface area contributed by atoms with Gasteiger partial charge in [0, 0.05) is 31.4 Å². The number of carbonyl (C=O) groups excluding carboxylic acids is 1. The first kappa shape index (κ1) is 19.5. The van der Waals surface area contributed by atoms with Gasteiger partial charge in [0.2, 0.25) is 0 Å². The van der Waals surface area contributed by atoms with Gasteiger partial charge in [-0.25, -0.2) is 4.98 Å². The number of pyridine rings is 1. The fourth-order valence-corrected chi connectivity index (χ4v) is 4.26. The number of hydrogen-bond acceptors (Lipinski definition) is 5. The minimum Gasteiger partial charge on any atom is -0.338 e. The zero-order valence-electron chi connectivity index (χ0n) is 17.8. The Morgan fingerprint density at radius 1 is 1.19 bits per heavy atom. The van der Waals surface area contributed by atoms with Crippen molar-refractivity contribution in [1.82, 2.24) is 24.8 Å². The zero-order valence-corrected chi connectivity index (χ0v) is 17.8. The summed E-state index contributed by atoms with van der Waals surface area (Å²) >= 11 is 0. The van der Waals surface area contributed by atoms with Crippen LogP contribution in [-0.2, 0) is 6.54 Å². The van der Waals surface area contributed by atoms with Crippen molar-refractivity contribution in [2.75, 3.05) is 13.1 Å². The first-order valence-electron chi connectivity index (χ1n) is 10.8. The van der Waals surface area contributed by atoms with Crippen molar-refractivity contribution in [2.45, 2.75) is 33.2 Å². The lowest BCUT2D eigenvalue weighted by Gasteiger charge is -2.31. The number of likely N-dealkylation sites (tertiary alicyclic amines) is 1. The molecular formula is C24H25N5O2. The van der Waals surface area contributed by atoms with Gasteiger partial charge in [-0.1, -0.05) is 42.4 Å². The SMILES string of the molecule is CCn1ccc(-c2cc(C(=O)N3CCC[C@H](C)C3)c3c(-c4ccccc4)noc3n2)n1. The highest BCUT2D eigenvalue weighted by Crippen LogP contribution is 2.33. The van der Waals surface area contributed by atoms with Crippen LogP contribution in [0, 0.1) is 5.92 Å². The van der Waals surface area contributed by atoms with E-state index in [4.69, 9.17) is 4.52 Å². The fourth-order valence-electron chi connectivity index (χ4n) is 4.26. The molecule has 0 bridgehead atoms. The van der Waals surface area contributed by atoms with Crippen LogP contribution in [-0.4, -0.2) is 43.8 Å². The Hall–Kier alpha value is -3.48. The van der Waals surface area contributed by atoms with Gasteiger partial charge < -0.3 is 9.42 Å². The van der Waals surface area contributed by atoms with Crippen molar-refractivity contribution in [3.05, 3.63) is 54.2 Å². The molecule has 0 aliphatic carbocycles. The van der Waals surface area contributed by atoms with Crippen LogP contribution >= 0.6 is 0 Å². The molecule has 0 N–H and O–H groups in total. The molecule has 7 nitrogen and oxygen atoms in total. The summed E-state index contributed by atoms with van der Waals surface area (Å²) in [6, 6.07) is 13.5. The number of fused-ring (bicyclic) bond motifs is 1. The Bertz CT molecular complexity index is 1230. The van der Waals surface area contributed by atoms with Crippen molar-refractivity contribution < 1.29 is 9.32 Å². The molecule has 158 valence electrons. The van der Waals surface area contributed by atoms with Crippen LogP contribution in [0.15, 0.2) is 53.2 Å². The van der Waals surface area contributed by atoms with Gasteiger partial charge in [-0.15, -0.1) is 0 Å². The summed E-state index contributed by atoms with van der Waals surface area (Å²) in [5, 5.41) is 9.51. The van der Waals surface area contributed by atoms with Gasteiger partial charge in [-0.2, -0.15) is 5.10 Å². The monoisotopic (exact) mass is 415 g/mol. The molecule has 1 fully saturated rings. The smallest absolute Gasteiger partial charge is 0.259 e. The summed E-state index contributed by atoms with van der Waals surface area (Å²) in [5.74, 6) is 0.487. The lowest BCUT2D eigenvalue weighted by atomic mass is 9.98. The van der Waals surface area contributed by atoms with E-state index in [9.17, 15) is 4.79 Å². The number of rotatable bonds is 4. The molecule has 5 rings (SSSR count). The van der Waals surface area contributed by atoms with E-state index < -0.39 is 0 Å². The topological polar surface area (TPSA) is 77.0 Å². The molecule has 0 radical (unpaired) electrons. The summed E-state index contributed by atoms with van der Waals surface area (Å²) in [5.41, 5.74) is 3.79. The highest BCUT2D eigenvalue weighted by molar-refractivity contribution is 6.10. The quantitative estimate of drug-likeness (QED) is 0.485. The number of nitrogens with zero attached hydrogens (tertiary/aromatic N) is 5. The molecule has 1 saturated heterocycles. The second-order valence-electron chi connectivity index (χ2n) is 8.19. The van der Waals surface area contributed by atoms with E-state index in [1.807, 2.05) is 65.2 Å². The highest BCUT2D eigenvalue weighted by Gasteiger charge is 2.28. The second-order valence-corrected chi connectivity index (χ2v) is 8.19. The van der Waals surface area contributed by atoms with Crippen molar-refractivity contribution in [3.8, 4) is 22.6 Å². The van der Waals surface area contributed by atoms with Gasteiger partial charge >= 0.3 is 0 Å². The minimum absolute atomic E-state index is 0.00416. The Morgan fingerprint density at radius 2 is 2.03 bits per heavy atom. The van der Waals surface area contributed by atoms with E-state index in [2.05, 4.69) is 22.2 Å². The van der Waals surface area contributed by atoms with Crippen LogP contribution in [0.4, 0.5) is 0 Å². The second kappa shape index (κ2) is 7.98. The molecular weight excluding hydrogens is 390 g/mol. The normalized spacial score (nSPS) is 16.7. The maximum atomic E-state index is 13.7.